The van der Waals surface area contributed by atoms with Gasteiger partial charge in [-0.15, -0.1) is 0 Å². The summed E-state index contributed by atoms with van der Waals surface area (Å²) in [7, 11) is 1.67. The number of carbonyl (C=O) groups excluding carboxylic acids is 1. The number of carbonyl (C=O) groups is 1. The Labute approximate surface area is 136 Å². The van der Waals surface area contributed by atoms with Gasteiger partial charge in [-0.3, -0.25) is 9.69 Å². The molecule has 5 rings (SSSR count). The van der Waals surface area contributed by atoms with E-state index < -0.39 is 0 Å². The Hall–Kier alpha value is -1.59. The van der Waals surface area contributed by atoms with Gasteiger partial charge in [0.15, 0.2) is 0 Å². The van der Waals surface area contributed by atoms with Crippen LogP contribution in [0.3, 0.4) is 0 Å². The van der Waals surface area contributed by atoms with Crippen LogP contribution in [0.5, 0.6) is 5.75 Å². The van der Waals surface area contributed by atoms with Crippen molar-refractivity contribution in [2.45, 2.75) is 30.8 Å². The predicted molar refractivity (Wildman–Crippen MR) is 86.4 cm³/mol. The monoisotopic (exact) mass is 316 g/mol. The summed E-state index contributed by atoms with van der Waals surface area (Å²) in [5.41, 5.74) is 1.27. The average molecular weight is 316 g/mol. The minimum absolute atomic E-state index is 0.121. The van der Waals surface area contributed by atoms with Gasteiger partial charge < -0.3 is 14.7 Å². The van der Waals surface area contributed by atoms with Crippen LogP contribution in [0.4, 0.5) is 0 Å². The zero-order valence-corrected chi connectivity index (χ0v) is 13.5. The largest absolute Gasteiger partial charge is 0.497 e. The van der Waals surface area contributed by atoms with Crippen molar-refractivity contribution in [3.8, 4) is 5.75 Å². The van der Waals surface area contributed by atoms with Gasteiger partial charge in [0, 0.05) is 18.5 Å². The molecule has 4 saturated heterocycles. The smallest absolute Gasteiger partial charge is 0.248 e. The third kappa shape index (κ3) is 2.34. The standard InChI is InChI=1S/C18H24N2O3/c1-23-14-4-2-12(3-5-14)15-10-20(16(22)11-21)17-13-6-8-19(9-7-13)18(15)17/h2-5,13,15,17-18,21H,6-11H2,1H3/t15-,17+,18+/m0/s1. The summed E-state index contributed by atoms with van der Waals surface area (Å²) in [5, 5.41) is 9.36. The van der Waals surface area contributed by atoms with Crippen LogP contribution in [-0.4, -0.2) is 66.2 Å². The number of methoxy groups -OCH3 is 1. The zero-order valence-electron chi connectivity index (χ0n) is 13.5. The second-order valence-electron chi connectivity index (χ2n) is 6.94. The molecule has 4 aliphatic rings. The fourth-order valence-electron chi connectivity index (χ4n) is 4.94. The maximum absolute atomic E-state index is 12.3. The third-order valence-electron chi connectivity index (χ3n) is 5.99. The van der Waals surface area contributed by atoms with Crippen molar-refractivity contribution in [3.63, 3.8) is 0 Å². The summed E-state index contributed by atoms with van der Waals surface area (Å²) in [4.78, 5) is 16.8. The van der Waals surface area contributed by atoms with E-state index >= 15 is 0 Å². The molecule has 4 heterocycles. The van der Waals surface area contributed by atoms with E-state index in [0.717, 1.165) is 18.8 Å². The Morgan fingerprint density at radius 1 is 1.22 bits per heavy atom. The number of nitrogens with zero attached hydrogens (tertiary/aromatic N) is 2. The first kappa shape index (κ1) is 15.0. The average Bonchev–Trinajstić information content (AvgIpc) is 3.05. The quantitative estimate of drug-likeness (QED) is 0.906. The molecule has 4 aliphatic heterocycles. The van der Waals surface area contributed by atoms with E-state index in [4.69, 9.17) is 4.74 Å². The summed E-state index contributed by atoms with van der Waals surface area (Å²) in [6.07, 6.45) is 2.34. The molecule has 0 saturated carbocycles. The molecule has 4 fully saturated rings. The van der Waals surface area contributed by atoms with Crippen LogP contribution < -0.4 is 4.74 Å². The number of amides is 1. The van der Waals surface area contributed by atoms with Gasteiger partial charge in [-0.25, -0.2) is 0 Å². The molecule has 23 heavy (non-hydrogen) atoms. The SMILES string of the molecule is COc1ccc([C@@H]2CN(C(=O)CO)[C@@H]3C4CCN(CC4)[C@@H]32)cc1. The second-order valence-corrected chi connectivity index (χ2v) is 6.94. The number of hydrogen-bond donors (Lipinski definition) is 1. The van der Waals surface area contributed by atoms with Crippen LogP contribution in [-0.2, 0) is 4.79 Å². The van der Waals surface area contributed by atoms with Crippen molar-refractivity contribution < 1.29 is 14.6 Å². The molecule has 0 spiro atoms. The lowest BCUT2D eigenvalue weighted by molar-refractivity contribution is -0.138. The summed E-state index contributed by atoms with van der Waals surface area (Å²) in [6.45, 7) is 2.61. The van der Waals surface area contributed by atoms with Crippen LogP contribution in [0, 0.1) is 5.92 Å². The molecule has 2 bridgehead atoms. The Kier molecular flexibility index (Phi) is 3.77. The van der Waals surface area contributed by atoms with Crippen LogP contribution in [0.2, 0.25) is 0 Å². The number of aliphatic hydroxyl groups is 1. The van der Waals surface area contributed by atoms with Gasteiger partial charge in [-0.2, -0.15) is 0 Å². The van der Waals surface area contributed by atoms with Gasteiger partial charge in [-0.1, -0.05) is 12.1 Å². The van der Waals surface area contributed by atoms with Gasteiger partial charge >= 0.3 is 0 Å². The lowest BCUT2D eigenvalue weighted by Crippen LogP contribution is -2.61. The van der Waals surface area contributed by atoms with E-state index in [9.17, 15) is 9.90 Å². The van der Waals surface area contributed by atoms with Crippen molar-refractivity contribution >= 4 is 5.91 Å². The first-order chi connectivity index (χ1) is 11.2. The number of fused-ring (bicyclic) bond motifs is 2. The molecule has 124 valence electrons. The van der Waals surface area contributed by atoms with Gasteiger partial charge in [0.2, 0.25) is 5.91 Å². The lowest BCUT2D eigenvalue weighted by Gasteiger charge is -2.51. The molecule has 1 aromatic rings. The number of benzene rings is 1. The Morgan fingerprint density at radius 2 is 1.91 bits per heavy atom. The van der Waals surface area contributed by atoms with Crippen LogP contribution in [0.25, 0.3) is 0 Å². The molecule has 0 unspecified atom stereocenters. The highest BCUT2D eigenvalue weighted by Gasteiger charge is 2.54. The topological polar surface area (TPSA) is 53.0 Å². The van der Waals surface area contributed by atoms with Crippen molar-refractivity contribution in [3.05, 3.63) is 29.8 Å². The highest BCUT2D eigenvalue weighted by atomic mass is 16.5. The van der Waals surface area contributed by atoms with Crippen molar-refractivity contribution in [1.29, 1.82) is 0 Å². The molecule has 1 amide bonds. The molecule has 0 aromatic heterocycles. The van der Waals surface area contributed by atoms with Crippen molar-refractivity contribution in [1.82, 2.24) is 9.80 Å². The first-order valence-corrected chi connectivity index (χ1v) is 8.51. The number of rotatable bonds is 3. The predicted octanol–water partition coefficient (Wildman–Crippen LogP) is 1.08. The number of likely N-dealkylation sites (tertiary alicyclic amines) is 1. The number of piperidine rings is 3. The number of ether oxygens (including phenoxy) is 1. The molecular weight excluding hydrogens is 292 g/mol. The Balaban J connectivity index is 1.67. The minimum atomic E-state index is -0.384. The van der Waals surface area contributed by atoms with Crippen molar-refractivity contribution in [2.24, 2.45) is 5.92 Å². The molecule has 1 N–H and O–H groups in total. The number of aliphatic hydroxyl groups excluding tert-OH is 1. The van der Waals surface area contributed by atoms with Gasteiger partial charge in [0.1, 0.15) is 12.4 Å². The van der Waals surface area contributed by atoms with E-state index in [0.29, 0.717) is 24.4 Å². The van der Waals surface area contributed by atoms with Gasteiger partial charge in [0.25, 0.3) is 0 Å². The van der Waals surface area contributed by atoms with E-state index in [1.165, 1.54) is 18.4 Å². The molecule has 3 atom stereocenters. The second kappa shape index (κ2) is 5.80. The van der Waals surface area contributed by atoms with Gasteiger partial charge in [0.05, 0.1) is 13.2 Å². The van der Waals surface area contributed by atoms with E-state index in [2.05, 4.69) is 17.0 Å². The third-order valence-corrected chi connectivity index (χ3v) is 5.99. The molecule has 5 nitrogen and oxygen atoms in total. The Morgan fingerprint density at radius 3 is 2.52 bits per heavy atom. The summed E-state index contributed by atoms with van der Waals surface area (Å²) in [5.74, 6) is 1.65. The fraction of sp³-hybridized carbons (Fsp3) is 0.611. The molecular formula is C18H24N2O3. The molecule has 5 heteroatoms. The maximum atomic E-state index is 12.3. The molecule has 0 aliphatic carbocycles. The maximum Gasteiger partial charge on any atom is 0.248 e. The van der Waals surface area contributed by atoms with Crippen LogP contribution in [0.15, 0.2) is 24.3 Å². The van der Waals surface area contributed by atoms with Crippen molar-refractivity contribution in [2.75, 3.05) is 33.4 Å². The summed E-state index contributed by atoms with van der Waals surface area (Å²) < 4.78 is 5.26. The van der Waals surface area contributed by atoms with Gasteiger partial charge in [-0.05, 0) is 49.5 Å². The molecule has 1 aromatic carbocycles. The molecule has 0 radical (unpaired) electrons. The summed E-state index contributed by atoms with van der Waals surface area (Å²) in [6, 6.07) is 8.90. The normalized spacial score (nSPS) is 35.2. The Bertz CT molecular complexity index is 580. The van der Waals surface area contributed by atoms with E-state index in [1.54, 1.807) is 7.11 Å². The summed E-state index contributed by atoms with van der Waals surface area (Å²) >= 11 is 0. The number of hydrogen-bond acceptors (Lipinski definition) is 4. The van der Waals surface area contributed by atoms with E-state index in [-0.39, 0.29) is 18.6 Å². The van der Waals surface area contributed by atoms with E-state index in [1.807, 2.05) is 17.0 Å². The minimum Gasteiger partial charge on any atom is -0.497 e. The first-order valence-electron chi connectivity index (χ1n) is 8.51. The van der Waals surface area contributed by atoms with Crippen LogP contribution >= 0.6 is 0 Å². The lowest BCUT2D eigenvalue weighted by atomic mass is 9.75. The highest BCUT2D eigenvalue weighted by Crippen LogP contribution is 2.46. The zero-order chi connectivity index (χ0) is 16.0. The fourth-order valence-corrected chi connectivity index (χ4v) is 4.94. The van der Waals surface area contributed by atoms with Crippen LogP contribution in [0.1, 0.15) is 24.3 Å². The highest BCUT2D eigenvalue weighted by molar-refractivity contribution is 5.78.